The van der Waals surface area contributed by atoms with Crippen LogP contribution in [0.1, 0.15) is 16.1 Å². The molecule has 0 unspecified atom stereocenters. The quantitative estimate of drug-likeness (QED) is 0.706. The van der Waals surface area contributed by atoms with Gasteiger partial charge in [0.1, 0.15) is 0 Å². The zero-order chi connectivity index (χ0) is 17.1. The molecule has 0 radical (unpaired) electrons. The van der Waals surface area contributed by atoms with Crippen molar-refractivity contribution < 1.29 is 14.3 Å². The van der Waals surface area contributed by atoms with E-state index in [2.05, 4.69) is 15.3 Å². The fourth-order valence-corrected chi connectivity index (χ4v) is 2.85. The van der Waals surface area contributed by atoms with Gasteiger partial charge in [-0.15, -0.1) is 11.3 Å². The summed E-state index contributed by atoms with van der Waals surface area (Å²) in [6, 6.07) is 8.03. The van der Waals surface area contributed by atoms with Crippen LogP contribution in [-0.2, 0) is 9.53 Å². The normalized spacial score (nSPS) is 10.5. The van der Waals surface area contributed by atoms with Crippen LogP contribution in [0.5, 0.6) is 0 Å². The Balaban J connectivity index is 1.71. The van der Waals surface area contributed by atoms with Crippen LogP contribution in [0.2, 0.25) is 0 Å². The Labute approximate surface area is 140 Å². The molecule has 8 heteroatoms. The van der Waals surface area contributed by atoms with Gasteiger partial charge in [0.25, 0.3) is 5.91 Å². The molecule has 2 heterocycles. The van der Waals surface area contributed by atoms with Gasteiger partial charge in [-0.05, 0) is 13.0 Å². The molecule has 24 heavy (non-hydrogen) atoms. The smallest absolute Gasteiger partial charge is 0.339 e. The van der Waals surface area contributed by atoms with Gasteiger partial charge < -0.3 is 9.72 Å². The molecule has 2 N–H and O–H groups in total. The second kappa shape index (κ2) is 6.63. The maximum atomic E-state index is 12.2. The third kappa shape index (κ3) is 3.49. The maximum absolute atomic E-state index is 12.2. The Bertz CT molecular complexity index is 977. The number of hydrogen-bond donors (Lipinski definition) is 2. The number of amides is 1. The molecule has 0 bridgehead atoms. The molecular weight excluding hydrogens is 330 g/mol. The van der Waals surface area contributed by atoms with Crippen LogP contribution >= 0.6 is 11.3 Å². The van der Waals surface area contributed by atoms with Crippen molar-refractivity contribution in [3.8, 4) is 0 Å². The van der Waals surface area contributed by atoms with E-state index in [9.17, 15) is 14.4 Å². The first-order chi connectivity index (χ1) is 11.5. The third-order valence-electron chi connectivity index (χ3n) is 3.17. The zero-order valence-electron chi connectivity index (χ0n) is 12.7. The van der Waals surface area contributed by atoms with Gasteiger partial charge in [-0.3, -0.25) is 14.9 Å². The second-order valence-corrected chi connectivity index (χ2v) is 5.87. The van der Waals surface area contributed by atoms with Crippen LogP contribution in [-0.4, -0.2) is 28.5 Å². The molecule has 0 aliphatic heterocycles. The summed E-state index contributed by atoms with van der Waals surface area (Å²) in [5, 5.41) is 5.33. The van der Waals surface area contributed by atoms with Gasteiger partial charge in [0.15, 0.2) is 11.7 Å². The Kier molecular flexibility index (Phi) is 4.39. The van der Waals surface area contributed by atoms with E-state index >= 15 is 0 Å². The fourth-order valence-electron chi connectivity index (χ4n) is 2.15. The first-order valence-corrected chi connectivity index (χ1v) is 7.92. The van der Waals surface area contributed by atoms with E-state index in [4.69, 9.17) is 4.74 Å². The van der Waals surface area contributed by atoms with E-state index in [1.165, 1.54) is 11.3 Å². The molecule has 7 nitrogen and oxygen atoms in total. The van der Waals surface area contributed by atoms with E-state index in [-0.39, 0.29) is 5.56 Å². The van der Waals surface area contributed by atoms with Crippen molar-refractivity contribution >= 4 is 39.2 Å². The first-order valence-electron chi connectivity index (χ1n) is 7.04. The molecule has 3 rings (SSSR count). The summed E-state index contributed by atoms with van der Waals surface area (Å²) >= 11 is 1.28. The Morgan fingerprint density at radius 1 is 1.33 bits per heavy atom. The summed E-state index contributed by atoms with van der Waals surface area (Å²) in [5.41, 5.74) is 1.03. The summed E-state index contributed by atoms with van der Waals surface area (Å²) < 4.78 is 5.01. The van der Waals surface area contributed by atoms with Crippen LogP contribution in [0.25, 0.3) is 10.9 Å². The van der Waals surface area contributed by atoms with E-state index in [1.807, 2.05) is 6.92 Å². The molecule has 0 saturated carbocycles. The highest BCUT2D eigenvalue weighted by molar-refractivity contribution is 7.13. The van der Waals surface area contributed by atoms with E-state index in [0.717, 1.165) is 11.8 Å². The van der Waals surface area contributed by atoms with Gasteiger partial charge in [-0.25, -0.2) is 9.78 Å². The molecule has 0 saturated heterocycles. The lowest BCUT2D eigenvalue weighted by molar-refractivity contribution is -0.119. The number of nitrogens with one attached hydrogen (secondary N) is 2. The highest BCUT2D eigenvalue weighted by atomic mass is 32.1. The lowest BCUT2D eigenvalue weighted by Gasteiger charge is -2.07. The van der Waals surface area contributed by atoms with Crippen molar-refractivity contribution in [2.75, 3.05) is 11.9 Å². The second-order valence-electron chi connectivity index (χ2n) is 5.01. The number of benzene rings is 1. The molecule has 0 aliphatic rings. The topological polar surface area (TPSA) is 101 Å². The molecule has 1 aromatic carbocycles. The lowest BCUT2D eigenvalue weighted by Crippen LogP contribution is -2.21. The number of carbonyl (C=O) groups is 2. The summed E-state index contributed by atoms with van der Waals surface area (Å²) in [5.74, 6) is -1.23. The Hall–Kier alpha value is -3.00. The number of nitrogens with zero attached hydrogens (tertiary/aromatic N) is 1. The van der Waals surface area contributed by atoms with Crippen molar-refractivity contribution in [1.29, 1.82) is 0 Å². The molecule has 3 aromatic rings. The number of esters is 1. The minimum Gasteiger partial charge on any atom is -0.452 e. The molecular formula is C16H13N3O4S. The van der Waals surface area contributed by atoms with Gasteiger partial charge in [0, 0.05) is 22.3 Å². The third-order valence-corrected chi connectivity index (χ3v) is 4.05. The molecule has 0 aliphatic carbocycles. The summed E-state index contributed by atoms with van der Waals surface area (Å²) in [4.78, 5) is 42.4. The predicted molar refractivity (Wildman–Crippen MR) is 90.3 cm³/mol. The van der Waals surface area contributed by atoms with Gasteiger partial charge in [0.2, 0.25) is 5.56 Å². The fraction of sp³-hybridized carbons (Fsp3) is 0.125. The first kappa shape index (κ1) is 15.9. The standard InChI is InChI=1S/C16H13N3O4S/c1-9-8-24-16(17-9)19-14(21)7-23-15(22)11-6-13(20)18-12-5-3-2-4-10(11)12/h2-6,8H,7H2,1H3,(H,18,20)(H,17,19,21). The van der Waals surface area contributed by atoms with Crippen LogP contribution in [0.3, 0.4) is 0 Å². The molecule has 0 atom stereocenters. The number of fused-ring (bicyclic) bond motifs is 1. The van der Waals surface area contributed by atoms with Crippen LogP contribution in [0.4, 0.5) is 5.13 Å². The van der Waals surface area contributed by atoms with Gasteiger partial charge >= 0.3 is 5.97 Å². The monoisotopic (exact) mass is 343 g/mol. The number of thiazole rings is 1. The summed E-state index contributed by atoms with van der Waals surface area (Å²) in [6.45, 7) is 1.35. The number of para-hydroxylation sites is 1. The van der Waals surface area contributed by atoms with Crippen LogP contribution in [0, 0.1) is 6.92 Å². The van der Waals surface area contributed by atoms with E-state index in [1.54, 1.807) is 29.6 Å². The molecule has 1 amide bonds. The lowest BCUT2D eigenvalue weighted by atomic mass is 10.1. The van der Waals surface area contributed by atoms with Crippen LogP contribution in [0.15, 0.2) is 40.5 Å². The van der Waals surface area contributed by atoms with Crippen molar-refractivity contribution in [2.45, 2.75) is 6.92 Å². The van der Waals surface area contributed by atoms with E-state index < -0.39 is 24.0 Å². The Morgan fingerprint density at radius 2 is 2.12 bits per heavy atom. The average molecular weight is 343 g/mol. The zero-order valence-corrected chi connectivity index (χ0v) is 13.5. The van der Waals surface area contributed by atoms with E-state index in [0.29, 0.717) is 16.0 Å². The molecule has 0 fully saturated rings. The Morgan fingerprint density at radius 3 is 2.88 bits per heavy atom. The number of aryl methyl sites for hydroxylation is 1. The molecule has 2 aromatic heterocycles. The van der Waals surface area contributed by atoms with Crippen molar-refractivity contribution in [3.63, 3.8) is 0 Å². The minimum atomic E-state index is -0.734. The number of pyridine rings is 1. The SMILES string of the molecule is Cc1csc(NC(=O)COC(=O)c2cc(=O)[nH]c3ccccc23)n1. The number of aromatic amines is 1. The van der Waals surface area contributed by atoms with Gasteiger partial charge in [-0.2, -0.15) is 0 Å². The summed E-state index contributed by atoms with van der Waals surface area (Å²) in [7, 11) is 0. The molecule has 0 spiro atoms. The molecule has 122 valence electrons. The van der Waals surface area contributed by atoms with Crippen LogP contribution < -0.4 is 10.9 Å². The van der Waals surface area contributed by atoms with Crippen molar-refractivity contribution in [3.05, 3.63) is 57.3 Å². The highest BCUT2D eigenvalue weighted by Crippen LogP contribution is 2.16. The predicted octanol–water partition coefficient (Wildman–Crippen LogP) is 2.09. The number of aromatic nitrogens is 2. The average Bonchev–Trinajstić information content (AvgIpc) is 2.96. The van der Waals surface area contributed by atoms with Gasteiger partial charge in [0.05, 0.1) is 11.3 Å². The number of rotatable bonds is 4. The van der Waals surface area contributed by atoms with Crippen molar-refractivity contribution in [1.82, 2.24) is 9.97 Å². The number of hydrogen-bond acceptors (Lipinski definition) is 6. The van der Waals surface area contributed by atoms with Gasteiger partial charge in [-0.1, -0.05) is 18.2 Å². The highest BCUT2D eigenvalue weighted by Gasteiger charge is 2.15. The number of H-pyrrole nitrogens is 1. The minimum absolute atomic E-state index is 0.118. The maximum Gasteiger partial charge on any atom is 0.339 e. The van der Waals surface area contributed by atoms with Crippen molar-refractivity contribution in [2.24, 2.45) is 0 Å². The number of ether oxygens (including phenoxy) is 1. The largest absolute Gasteiger partial charge is 0.452 e. The number of carbonyl (C=O) groups excluding carboxylic acids is 2. The number of anilines is 1. The summed E-state index contributed by atoms with van der Waals surface area (Å²) in [6.07, 6.45) is 0.